The molecule has 8 heteroatoms. The van der Waals surface area contributed by atoms with Crippen LogP contribution in [0, 0.1) is 0 Å². The quantitative estimate of drug-likeness (QED) is 0.626. The third-order valence-corrected chi connectivity index (χ3v) is 6.78. The second kappa shape index (κ2) is 8.88. The second-order valence-electron chi connectivity index (χ2n) is 8.84. The molecular weight excluding hydrogens is 392 g/mol. The van der Waals surface area contributed by atoms with Crippen LogP contribution in [0.5, 0.6) is 0 Å². The standard InChI is InChI=1S/C23H30N6O2/c1-2-16-8-9-20-17(13-16)14-19(23(30)24-20)21(28-10-4-3-5-11-28)22-25-26-27-29(22)15-18-7-6-12-31-18/h8-9,13-14,18,21H,2-7,10-12,15H2,1H3,(H,24,30)/p+1/t18-,21-/m0/s1. The van der Waals surface area contributed by atoms with E-state index in [1.807, 2.05) is 10.7 Å². The Morgan fingerprint density at radius 1 is 1.23 bits per heavy atom. The number of aromatic amines is 1. The minimum Gasteiger partial charge on any atom is -0.376 e. The lowest BCUT2D eigenvalue weighted by molar-refractivity contribution is -0.931. The van der Waals surface area contributed by atoms with Gasteiger partial charge in [0.1, 0.15) is 0 Å². The van der Waals surface area contributed by atoms with Gasteiger partial charge in [-0.3, -0.25) is 4.79 Å². The molecule has 0 spiro atoms. The minimum absolute atomic E-state index is 0.0495. The number of ether oxygens (including phenoxy) is 1. The van der Waals surface area contributed by atoms with Crippen LogP contribution in [0.2, 0.25) is 0 Å². The van der Waals surface area contributed by atoms with Crippen molar-refractivity contribution in [1.82, 2.24) is 25.2 Å². The summed E-state index contributed by atoms with van der Waals surface area (Å²) in [6.07, 6.45) is 6.76. The summed E-state index contributed by atoms with van der Waals surface area (Å²) in [7, 11) is 0. The van der Waals surface area contributed by atoms with E-state index in [9.17, 15) is 4.79 Å². The predicted molar refractivity (Wildman–Crippen MR) is 117 cm³/mol. The highest BCUT2D eigenvalue weighted by Crippen LogP contribution is 2.22. The highest BCUT2D eigenvalue weighted by molar-refractivity contribution is 5.79. The number of H-pyrrole nitrogens is 1. The molecule has 4 heterocycles. The smallest absolute Gasteiger partial charge is 0.258 e. The number of aryl methyl sites for hydroxylation is 1. The maximum atomic E-state index is 13.3. The van der Waals surface area contributed by atoms with Crippen LogP contribution < -0.4 is 10.5 Å². The van der Waals surface area contributed by atoms with Crippen LogP contribution in [0.15, 0.2) is 29.1 Å². The Balaban J connectivity index is 1.59. The zero-order chi connectivity index (χ0) is 21.2. The van der Waals surface area contributed by atoms with E-state index in [2.05, 4.69) is 45.6 Å². The largest absolute Gasteiger partial charge is 0.376 e. The van der Waals surface area contributed by atoms with Crippen LogP contribution in [-0.4, -0.2) is 51.0 Å². The molecule has 8 nitrogen and oxygen atoms in total. The van der Waals surface area contributed by atoms with Gasteiger partial charge < -0.3 is 14.6 Å². The van der Waals surface area contributed by atoms with Gasteiger partial charge in [-0.25, -0.2) is 4.68 Å². The summed E-state index contributed by atoms with van der Waals surface area (Å²) in [5.41, 5.74) is 2.83. The summed E-state index contributed by atoms with van der Waals surface area (Å²) in [6, 6.07) is 8.13. The van der Waals surface area contributed by atoms with Gasteiger partial charge in [-0.15, -0.1) is 5.10 Å². The summed E-state index contributed by atoms with van der Waals surface area (Å²) in [5, 5.41) is 13.8. The van der Waals surface area contributed by atoms with Crippen molar-refractivity contribution < 1.29 is 9.64 Å². The third kappa shape index (κ3) is 4.14. The summed E-state index contributed by atoms with van der Waals surface area (Å²) >= 11 is 0. The number of nitrogens with zero attached hydrogens (tertiary/aromatic N) is 4. The molecule has 0 aliphatic carbocycles. The number of quaternary nitrogens is 1. The Kier molecular flexibility index (Phi) is 5.82. The van der Waals surface area contributed by atoms with Crippen LogP contribution in [0.25, 0.3) is 10.9 Å². The molecule has 31 heavy (non-hydrogen) atoms. The van der Waals surface area contributed by atoms with Crippen LogP contribution in [0.4, 0.5) is 0 Å². The molecule has 5 rings (SSSR count). The molecule has 0 unspecified atom stereocenters. The normalized spacial score (nSPS) is 21.0. The predicted octanol–water partition coefficient (Wildman–Crippen LogP) is 1.41. The summed E-state index contributed by atoms with van der Waals surface area (Å²) < 4.78 is 7.70. The number of pyridine rings is 1. The fourth-order valence-corrected chi connectivity index (χ4v) is 5.07. The Labute approximate surface area is 181 Å². The van der Waals surface area contributed by atoms with Crippen LogP contribution in [0.1, 0.15) is 62.0 Å². The van der Waals surface area contributed by atoms with Crippen molar-refractivity contribution in [2.45, 2.75) is 64.1 Å². The Hall–Kier alpha value is -2.58. The first-order valence-corrected chi connectivity index (χ1v) is 11.6. The lowest BCUT2D eigenvalue weighted by Crippen LogP contribution is -3.13. The van der Waals surface area contributed by atoms with Crippen molar-refractivity contribution in [3.8, 4) is 0 Å². The zero-order valence-electron chi connectivity index (χ0n) is 18.1. The van der Waals surface area contributed by atoms with Gasteiger partial charge in [-0.2, -0.15) is 0 Å². The first kappa shape index (κ1) is 20.3. The highest BCUT2D eigenvalue weighted by Gasteiger charge is 2.35. The van der Waals surface area contributed by atoms with E-state index >= 15 is 0 Å². The topological polar surface area (TPSA) is 90.1 Å². The number of likely N-dealkylation sites (tertiary alicyclic amines) is 1. The van der Waals surface area contributed by atoms with Crippen molar-refractivity contribution in [2.75, 3.05) is 19.7 Å². The molecule has 1 aromatic carbocycles. The molecular formula is C23H31N6O2+. The first-order chi connectivity index (χ1) is 15.2. The van der Waals surface area contributed by atoms with E-state index in [0.717, 1.165) is 74.1 Å². The average Bonchev–Trinajstić information content (AvgIpc) is 3.48. The number of benzene rings is 1. The molecule has 0 saturated carbocycles. The minimum atomic E-state index is -0.185. The second-order valence-corrected chi connectivity index (χ2v) is 8.84. The van der Waals surface area contributed by atoms with Gasteiger partial charge in [0.25, 0.3) is 5.56 Å². The highest BCUT2D eigenvalue weighted by atomic mass is 16.5. The van der Waals surface area contributed by atoms with Crippen molar-refractivity contribution in [3.63, 3.8) is 0 Å². The molecule has 2 atom stereocenters. The number of hydrogen-bond donors (Lipinski definition) is 2. The molecule has 2 aliphatic rings. The van der Waals surface area contributed by atoms with Gasteiger partial charge in [-0.05, 0) is 78.1 Å². The van der Waals surface area contributed by atoms with Gasteiger partial charge in [0, 0.05) is 12.1 Å². The van der Waals surface area contributed by atoms with E-state index in [-0.39, 0.29) is 17.7 Å². The van der Waals surface area contributed by atoms with E-state index in [1.54, 1.807) is 0 Å². The van der Waals surface area contributed by atoms with Gasteiger partial charge in [0.15, 0.2) is 6.04 Å². The van der Waals surface area contributed by atoms with Gasteiger partial charge in [0.05, 0.1) is 31.3 Å². The SMILES string of the molecule is CCc1ccc2[nH]c(=O)c([C@@H](c3nnnn3C[C@@H]3CCCO3)[NH+]3CCCCC3)cc2c1. The molecule has 0 amide bonds. The molecule has 2 fully saturated rings. The van der Waals surface area contributed by atoms with Crippen molar-refractivity contribution >= 4 is 10.9 Å². The average molecular weight is 424 g/mol. The maximum absolute atomic E-state index is 13.3. The Morgan fingerprint density at radius 3 is 2.87 bits per heavy atom. The summed E-state index contributed by atoms with van der Waals surface area (Å²) in [6.45, 7) is 5.62. The lowest BCUT2D eigenvalue weighted by atomic mass is 9.99. The van der Waals surface area contributed by atoms with Gasteiger partial charge in [0.2, 0.25) is 5.82 Å². The lowest BCUT2D eigenvalue weighted by Gasteiger charge is -2.30. The zero-order valence-corrected chi connectivity index (χ0v) is 18.1. The number of hydrogen-bond acceptors (Lipinski definition) is 5. The number of aromatic nitrogens is 5. The number of nitrogens with one attached hydrogen (secondary N) is 2. The van der Waals surface area contributed by atoms with E-state index in [1.165, 1.54) is 16.9 Å². The van der Waals surface area contributed by atoms with E-state index in [0.29, 0.717) is 6.54 Å². The Bertz CT molecular complexity index is 1090. The van der Waals surface area contributed by atoms with Crippen LogP contribution in [0.3, 0.4) is 0 Å². The van der Waals surface area contributed by atoms with Crippen molar-refractivity contribution in [3.05, 3.63) is 51.6 Å². The maximum Gasteiger partial charge on any atom is 0.258 e. The third-order valence-electron chi connectivity index (χ3n) is 6.78. The number of fused-ring (bicyclic) bond motifs is 1. The molecule has 164 valence electrons. The van der Waals surface area contributed by atoms with E-state index < -0.39 is 0 Å². The molecule has 0 radical (unpaired) electrons. The van der Waals surface area contributed by atoms with Crippen LogP contribution >= 0.6 is 0 Å². The van der Waals surface area contributed by atoms with Crippen LogP contribution in [-0.2, 0) is 17.7 Å². The number of tetrazole rings is 1. The fraction of sp³-hybridized carbons (Fsp3) is 0.565. The number of rotatable bonds is 6. The van der Waals surface area contributed by atoms with E-state index in [4.69, 9.17) is 4.74 Å². The molecule has 2 N–H and O–H groups in total. The monoisotopic (exact) mass is 423 g/mol. The first-order valence-electron chi connectivity index (χ1n) is 11.6. The van der Waals surface area contributed by atoms with Gasteiger partial charge in [-0.1, -0.05) is 13.0 Å². The number of piperidine rings is 1. The van der Waals surface area contributed by atoms with Gasteiger partial charge >= 0.3 is 0 Å². The van der Waals surface area contributed by atoms with Crippen molar-refractivity contribution in [1.29, 1.82) is 0 Å². The fourth-order valence-electron chi connectivity index (χ4n) is 5.07. The molecule has 2 aliphatic heterocycles. The summed E-state index contributed by atoms with van der Waals surface area (Å²) in [4.78, 5) is 17.7. The molecule has 0 bridgehead atoms. The molecule has 3 aromatic rings. The van der Waals surface area contributed by atoms with Crippen molar-refractivity contribution in [2.24, 2.45) is 0 Å². The molecule has 2 aromatic heterocycles. The molecule has 2 saturated heterocycles. The summed E-state index contributed by atoms with van der Waals surface area (Å²) in [5.74, 6) is 0.767. The Morgan fingerprint density at radius 2 is 2.10 bits per heavy atom.